The van der Waals surface area contributed by atoms with Crippen LogP contribution in [0.15, 0.2) is 60.5 Å². The van der Waals surface area contributed by atoms with Crippen molar-refractivity contribution in [3.05, 3.63) is 56.7 Å². The van der Waals surface area contributed by atoms with Crippen molar-refractivity contribution < 1.29 is 13.3 Å². The van der Waals surface area contributed by atoms with Crippen LogP contribution in [0.1, 0.15) is 0 Å². The second-order valence-electron chi connectivity index (χ2n) is 3.59. The van der Waals surface area contributed by atoms with E-state index in [1.165, 1.54) is 0 Å². The van der Waals surface area contributed by atoms with Crippen LogP contribution in [0.25, 0.3) is 22.3 Å². The van der Waals surface area contributed by atoms with Crippen LogP contribution in [0.5, 0.6) is 0 Å². The molecule has 1 aromatic heterocycles. The Labute approximate surface area is 115 Å². The van der Waals surface area contributed by atoms with Crippen molar-refractivity contribution >= 4 is 44.9 Å². The van der Waals surface area contributed by atoms with E-state index in [2.05, 4.69) is 22.6 Å². The van der Waals surface area contributed by atoms with Gasteiger partial charge in [0.05, 0.1) is 0 Å². The lowest BCUT2D eigenvalue weighted by molar-refractivity contribution is 0.368. The summed E-state index contributed by atoms with van der Waals surface area (Å²) in [4.78, 5) is 11.6. The maximum absolute atomic E-state index is 11.6. The molecule has 0 radical (unpaired) electrons. The lowest BCUT2D eigenvalue weighted by Crippen LogP contribution is -1.93. The van der Waals surface area contributed by atoms with Gasteiger partial charge in [0.15, 0.2) is 22.3 Å². The van der Waals surface area contributed by atoms with Crippen LogP contribution >= 0.6 is 22.6 Å². The monoisotopic (exact) mass is 354 g/mol. The number of hydrogen-bond donors (Lipinski definition) is 0. The molecular weight excluding hydrogens is 347 g/mol. The van der Waals surface area contributed by atoms with Crippen molar-refractivity contribution in [3.8, 4) is 0 Å². The molecule has 0 N–H and O–H groups in total. The molecule has 0 atom stereocenters. The van der Waals surface area contributed by atoms with Gasteiger partial charge in [-0.05, 0) is 52.9 Å². The first-order valence-corrected chi connectivity index (χ1v) is 6.26. The minimum Gasteiger partial charge on any atom is -0.450 e. The number of para-hydroxylation sites is 2. The molecular formula is C13H7IO4. The molecule has 0 saturated carbocycles. The largest absolute Gasteiger partial charge is 0.519 e. The predicted octanol–water partition coefficient (Wildman–Crippen LogP) is 3.86. The molecule has 0 fully saturated rings. The Morgan fingerprint density at radius 1 is 0.778 bits per heavy atom. The Kier molecular flexibility index (Phi) is 2.83. The molecule has 0 bridgehead atoms. The van der Waals surface area contributed by atoms with Gasteiger partial charge in [-0.3, -0.25) is 0 Å². The van der Waals surface area contributed by atoms with Crippen molar-refractivity contribution in [1.29, 1.82) is 0 Å². The zero-order valence-electron chi connectivity index (χ0n) is 9.05. The second kappa shape index (κ2) is 4.49. The van der Waals surface area contributed by atoms with Crippen molar-refractivity contribution in [3.63, 3.8) is 0 Å². The molecule has 0 spiro atoms. The van der Waals surface area contributed by atoms with Crippen LogP contribution in [0.3, 0.4) is 0 Å². The van der Waals surface area contributed by atoms with Crippen LogP contribution in [0.2, 0.25) is 0 Å². The number of halogens is 1. The van der Waals surface area contributed by atoms with E-state index >= 15 is 0 Å². The van der Waals surface area contributed by atoms with E-state index in [0.717, 1.165) is 3.57 Å². The van der Waals surface area contributed by atoms with Crippen LogP contribution in [-0.4, -0.2) is 0 Å². The summed E-state index contributed by atoms with van der Waals surface area (Å²) in [6, 6.07) is 12.3. The molecule has 0 amide bonds. The molecule has 0 aliphatic carbocycles. The van der Waals surface area contributed by atoms with Gasteiger partial charge in [0.1, 0.15) is 0 Å². The highest BCUT2D eigenvalue weighted by Gasteiger charge is 2.01. The highest BCUT2D eigenvalue weighted by atomic mass is 127. The molecule has 0 aliphatic heterocycles. The molecule has 5 heteroatoms. The summed E-state index contributed by atoms with van der Waals surface area (Å²) in [5, 5.41) is 0. The quantitative estimate of drug-likeness (QED) is 0.576. The molecule has 18 heavy (non-hydrogen) atoms. The van der Waals surface area contributed by atoms with Gasteiger partial charge in [0.2, 0.25) is 0 Å². The minimum absolute atomic E-state index is 0.340. The minimum atomic E-state index is -0.769. The molecule has 90 valence electrons. The van der Waals surface area contributed by atoms with Gasteiger partial charge in [0.25, 0.3) is 0 Å². The van der Waals surface area contributed by atoms with E-state index in [4.69, 9.17) is 13.3 Å². The standard InChI is InChI=1S/C13H7IO4/c14-8-5-6-11-12(7-8)18-13(15)17-10-4-2-1-3-9(10)16-11/h1-7H. The molecule has 3 aromatic rings. The fourth-order valence-electron chi connectivity index (χ4n) is 1.58. The highest BCUT2D eigenvalue weighted by Crippen LogP contribution is 2.18. The summed E-state index contributed by atoms with van der Waals surface area (Å²) in [5.74, 6) is -0.769. The van der Waals surface area contributed by atoms with Gasteiger partial charge >= 0.3 is 5.82 Å². The van der Waals surface area contributed by atoms with Crippen molar-refractivity contribution in [2.24, 2.45) is 0 Å². The van der Waals surface area contributed by atoms with Gasteiger partial charge in [-0.25, -0.2) is 4.79 Å². The molecule has 0 aliphatic rings. The topological polar surface area (TPSA) is 56.5 Å². The zero-order valence-corrected chi connectivity index (χ0v) is 11.2. The van der Waals surface area contributed by atoms with E-state index < -0.39 is 5.82 Å². The predicted molar refractivity (Wildman–Crippen MR) is 74.9 cm³/mol. The van der Waals surface area contributed by atoms with E-state index in [9.17, 15) is 4.79 Å². The Hall–Kier alpha value is -1.76. The van der Waals surface area contributed by atoms with Crippen LogP contribution in [-0.2, 0) is 0 Å². The average molecular weight is 354 g/mol. The number of benzene rings is 2. The first-order valence-electron chi connectivity index (χ1n) is 5.18. The van der Waals surface area contributed by atoms with Gasteiger partial charge in [-0.1, -0.05) is 12.1 Å². The maximum Gasteiger partial charge on any atom is 0.519 e. The van der Waals surface area contributed by atoms with Crippen LogP contribution < -0.4 is 5.82 Å². The van der Waals surface area contributed by atoms with E-state index in [1.54, 1.807) is 30.3 Å². The lowest BCUT2D eigenvalue weighted by Gasteiger charge is -1.96. The highest BCUT2D eigenvalue weighted by molar-refractivity contribution is 14.1. The lowest BCUT2D eigenvalue weighted by atomic mass is 10.3. The van der Waals surface area contributed by atoms with E-state index in [1.807, 2.05) is 12.1 Å². The number of fused-ring (bicyclic) bond motifs is 2. The third kappa shape index (κ3) is 2.13. The van der Waals surface area contributed by atoms with Crippen molar-refractivity contribution in [1.82, 2.24) is 0 Å². The summed E-state index contributed by atoms with van der Waals surface area (Å²) < 4.78 is 16.7. The normalized spacial score (nSPS) is 10.7. The van der Waals surface area contributed by atoms with E-state index in [0.29, 0.717) is 22.3 Å². The number of rotatable bonds is 0. The van der Waals surface area contributed by atoms with Gasteiger partial charge < -0.3 is 13.3 Å². The maximum atomic E-state index is 11.6. The SMILES string of the molecule is O=c1oc2ccccc2oc2ccc(I)cc2o1. The van der Waals surface area contributed by atoms with Gasteiger partial charge in [-0.2, -0.15) is 0 Å². The molecule has 0 saturated heterocycles. The average Bonchev–Trinajstić information content (AvgIpc) is 2.32. The van der Waals surface area contributed by atoms with E-state index in [-0.39, 0.29) is 0 Å². The zero-order chi connectivity index (χ0) is 12.5. The number of hydrogen-bond acceptors (Lipinski definition) is 4. The third-order valence-electron chi connectivity index (χ3n) is 2.36. The first-order chi connectivity index (χ1) is 8.72. The molecule has 4 nitrogen and oxygen atoms in total. The fraction of sp³-hybridized carbons (Fsp3) is 0. The molecule has 2 aromatic carbocycles. The summed E-state index contributed by atoms with van der Waals surface area (Å²) in [6.45, 7) is 0. The molecule has 1 heterocycles. The first kappa shape index (κ1) is 11.3. The van der Waals surface area contributed by atoms with Gasteiger partial charge in [0, 0.05) is 3.57 Å². The Morgan fingerprint density at radius 3 is 2.17 bits per heavy atom. The summed E-state index contributed by atoms with van der Waals surface area (Å²) >= 11 is 2.13. The second-order valence-corrected chi connectivity index (χ2v) is 4.84. The fourth-order valence-corrected chi connectivity index (χ4v) is 2.05. The summed E-state index contributed by atoms with van der Waals surface area (Å²) in [7, 11) is 0. The smallest absolute Gasteiger partial charge is 0.450 e. The van der Waals surface area contributed by atoms with Crippen molar-refractivity contribution in [2.75, 3.05) is 0 Å². The van der Waals surface area contributed by atoms with Crippen molar-refractivity contribution in [2.45, 2.75) is 0 Å². The summed E-state index contributed by atoms with van der Waals surface area (Å²) in [5.41, 5.74) is 1.66. The third-order valence-corrected chi connectivity index (χ3v) is 3.03. The Balaban J connectivity index is 2.56. The van der Waals surface area contributed by atoms with Gasteiger partial charge in [-0.15, -0.1) is 0 Å². The molecule has 0 unspecified atom stereocenters. The van der Waals surface area contributed by atoms with Crippen LogP contribution in [0, 0.1) is 3.57 Å². The Morgan fingerprint density at radius 2 is 1.39 bits per heavy atom. The molecule has 3 rings (SSSR count). The Bertz CT molecular complexity index is 824. The van der Waals surface area contributed by atoms with Crippen LogP contribution in [0.4, 0.5) is 0 Å². The summed E-state index contributed by atoms with van der Waals surface area (Å²) in [6.07, 6.45) is 0.